The fourth-order valence-corrected chi connectivity index (χ4v) is 8.46. The van der Waals surface area contributed by atoms with E-state index in [-0.39, 0.29) is 147 Å². The quantitative estimate of drug-likeness (QED) is 0.0436. The summed E-state index contributed by atoms with van der Waals surface area (Å²) in [5.41, 5.74) is -5.58. The van der Waals surface area contributed by atoms with Crippen LogP contribution in [0, 0.1) is 0 Å². The Morgan fingerprint density at radius 3 is 0.885 bits per heavy atom. The smallest absolute Gasteiger partial charge is 0.397 e. The molecule has 0 saturated carbocycles. The van der Waals surface area contributed by atoms with Crippen LogP contribution in [0.1, 0.15) is 147 Å². The van der Waals surface area contributed by atoms with Crippen LogP contribution in [-0.2, 0) is 87.1 Å². The SMILES string of the molecule is C.C.CCO.[2H]C(C)(O)CCCCn1c(=O)c2c(ncn2C([2H])([2H])[2H])n(C)c1=O.[2H]C([2H])([2H])n1cnc2c1c(=O)n(CCCCC(C)=O)c(=O)n2C.[2H]C([2H])([2H])n1cnc2c1c(=O)n(CCCC[C@@]([2H])(C)O)c(=O)n2C.[2H]C([2H])([2H])n1cnc2c1c(=O)n(CCCC[C@]([2H])(C)O)c(=O)n2C.[2H][B-]([2H])([2H])[2H].[Na+]. The molecule has 1 unspecified atom stereocenters. The van der Waals surface area contributed by atoms with Crippen molar-refractivity contribution < 1.29 is 75.3 Å². The van der Waals surface area contributed by atoms with Crippen LogP contribution in [0.3, 0.4) is 0 Å². The van der Waals surface area contributed by atoms with Crippen molar-refractivity contribution in [3.05, 3.63) is 109 Å². The number of aryl methyl sites for hydroxylation is 8. The van der Waals surface area contributed by atoms with Gasteiger partial charge in [0.2, 0.25) is 0 Å². The van der Waals surface area contributed by atoms with Crippen LogP contribution in [-0.4, -0.2) is 139 Å². The first-order chi connectivity index (χ1) is 46.9. The summed E-state index contributed by atoms with van der Waals surface area (Å²) in [4.78, 5) is 126. The van der Waals surface area contributed by atoms with Crippen molar-refractivity contribution in [3.8, 4) is 0 Å². The number of unbranched alkanes of at least 4 members (excludes halogenated alkanes) is 4. The molecule has 0 spiro atoms. The van der Waals surface area contributed by atoms with Crippen molar-refractivity contribution >= 4 is 58.7 Å². The van der Waals surface area contributed by atoms with E-state index in [1.54, 1.807) is 6.92 Å². The normalized spacial score (nSPS) is 16.7. The summed E-state index contributed by atoms with van der Waals surface area (Å²) >= 11 is 0. The van der Waals surface area contributed by atoms with Gasteiger partial charge in [0.15, 0.2) is 44.7 Å². The molecule has 0 fully saturated rings. The fourth-order valence-electron chi connectivity index (χ4n) is 8.46. The van der Waals surface area contributed by atoms with Crippen LogP contribution in [0.15, 0.2) is 63.7 Å². The average Bonchev–Trinajstić information content (AvgIpc) is 1.60. The van der Waals surface area contributed by atoms with E-state index in [1.165, 1.54) is 55.9 Å². The van der Waals surface area contributed by atoms with E-state index in [2.05, 4.69) is 19.9 Å². The molecule has 0 radical (unpaired) electrons. The Hall–Kier alpha value is -6.83. The third kappa shape index (κ3) is 20.1. The Balaban J connectivity index is 0.00000133. The Bertz CT molecular complexity index is 4390. The minimum Gasteiger partial charge on any atom is -0.397 e. The van der Waals surface area contributed by atoms with Gasteiger partial charge in [-0.25, -0.2) is 44.5 Å². The Labute approximate surface area is 554 Å². The van der Waals surface area contributed by atoms with Crippen molar-refractivity contribution in [1.82, 2.24) is 74.7 Å². The van der Waals surface area contributed by atoms with Crippen molar-refractivity contribution in [1.29, 1.82) is 5.34 Å². The molecule has 8 rings (SSSR count). The number of carbonyl (C=O) groups excluding carboxylic acids is 1. The van der Waals surface area contributed by atoms with Gasteiger partial charge in [-0.3, -0.25) is 55.7 Å². The summed E-state index contributed by atoms with van der Waals surface area (Å²) in [6, 6.07) is 0. The van der Waals surface area contributed by atoms with E-state index in [0.29, 0.717) is 57.8 Å². The summed E-state index contributed by atoms with van der Waals surface area (Å²) in [6.07, 6.45) is 4.03. The molecular formula is C56H96BN16NaO13. The van der Waals surface area contributed by atoms with Crippen LogP contribution < -0.4 is 74.6 Å². The summed E-state index contributed by atoms with van der Waals surface area (Å²) in [6.45, 7) is -2.45. The monoisotopic (exact) mass is 1250 g/mol. The Morgan fingerprint density at radius 1 is 0.494 bits per heavy atom. The summed E-state index contributed by atoms with van der Waals surface area (Å²) < 4.78 is 147. The first-order valence-electron chi connectivity index (χ1n) is 36.1. The number of nitrogens with zero attached hydrogens (tertiary/aromatic N) is 16. The maximum absolute atomic E-state index is 12.6. The second-order valence-electron chi connectivity index (χ2n) is 19.4. The van der Waals surface area contributed by atoms with E-state index >= 15 is 0 Å². The number of aromatic nitrogens is 16. The van der Waals surface area contributed by atoms with Gasteiger partial charge in [-0.1, -0.05) is 23.1 Å². The van der Waals surface area contributed by atoms with E-state index in [9.17, 15) is 58.5 Å². The minimum atomic E-state index is -3.00. The van der Waals surface area contributed by atoms with Gasteiger partial charge in [0, 0.05) is 112 Å². The molecule has 87 heavy (non-hydrogen) atoms. The number of hydrogen-bond acceptors (Lipinski definition) is 17. The molecule has 0 aromatic carbocycles. The number of aliphatic hydroxyl groups excluding tert-OH is 1. The summed E-state index contributed by atoms with van der Waals surface area (Å²) in [5, 5.41) is 35.7. The standard InChI is InChI=1S/3C13H20N4O3.C13H18N4O3.C2H6O.2CH4.BH4.Na/c4*1-9(18)6-4-5-7-17-12(19)10-11(14-8-15(10)2)16(3)13(17)20;1-2-3;;;;/h3*8-9,18H,4-7H2,1-3H3;8H,4-7H2,1-3H3;3H,2H2,1H3;3*1H4;/q;;;;;;;-1;+1/t2*9-;;;;;;;/m10......./s1/i3*2D3,9D;2D3;;;;1D4;. The molecule has 0 saturated heterocycles. The summed E-state index contributed by atoms with van der Waals surface area (Å²) in [5.74, 6) is 0.0428. The largest absolute Gasteiger partial charge is 1.00 e. The average molecular weight is 1250 g/mol. The molecule has 29 nitrogen and oxygen atoms in total. The number of Topliss-reactive ketones (excluding diaryl/α,β-unsaturated/α-hetero) is 1. The Morgan fingerprint density at radius 2 is 0.701 bits per heavy atom. The molecule has 0 aliphatic heterocycles. The topological polar surface area (TPSA) is 345 Å². The van der Waals surface area contributed by atoms with Crippen molar-refractivity contribution in [2.75, 3.05) is 6.61 Å². The molecule has 0 aliphatic rings. The molecule has 0 amide bonds. The summed E-state index contributed by atoms with van der Waals surface area (Å²) in [7, 11) is 2.71. The van der Waals surface area contributed by atoms with E-state index in [4.69, 9.17) is 31.0 Å². The first kappa shape index (κ1) is 52.1. The number of rotatable bonds is 20. The third-order valence-corrected chi connectivity index (χ3v) is 12.8. The predicted octanol–water partition coefficient (Wildman–Crippen LogP) is -3.03. The predicted molar refractivity (Wildman–Crippen MR) is 340 cm³/mol. The van der Waals surface area contributed by atoms with Gasteiger partial charge < -0.3 is 43.5 Å². The van der Waals surface area contributed by atoms with Gasteiger partial charge in [0.25, 0.3) is 22.2 Å². The maximum atomic E-state index is 12.6. The second kappa shape index (κ2) is 37.1. The van der Waals surface area contributed by atoms with Crippen LogP contribution in [0.2, 0.25) is 0 Å². The maximum Gasteiger partial charge on any atom is 1.00 e. The molecule has 0 aliphatic carbocycles. The molecule has 31 heteroatoms. The Kier molecular flexibility index (Phi) is 22.2. The number of carbonyl (C=O) groups is 1. The molecule has 8 heterocycles. The number of aliphatic hydroxyl groups is 4. The number of hydrogen-bond donors (Lipinski definition) is 4. The number of ketones is 1. The number of imidazole rings is 4. The fraction of sp³-hybridized carbons (Fsp3) is 0.625. The van der Waals surface area contributed by atoms with Gasteiger partial charge in [-0.2, -0.15) is 0 Å². The second-order valence-corrected chi connectivity index (χ2v) is 19.4. The van der Waals surface area contributed by atoms with Crippen LogP contribution >= 0.6 is 0 Å². The van der Waals surface area contributed by atoms with E-state index in [1.807, 2.05) is 0 Å². The van der Waals surface area contributed by atoms with E-state index < -0.39 is 99.4 Å². The van der Waals surface area contributed by atoms with Crippen molar-refractivity contribution in [2.45, 2.75) is 171 Å². The van der Waals surface area contributed by atoms with Gasteiger partial charge in [-0.15, -0.1) is 0 Å². The first-order valence-corrected chi connectivity index (χ1v) is 26.3. The molecular weight excluding hydrogens is 1140 g/mol. The van der Waals surface area contributed by atoms with Gasteiger partial charge in [0.05, 0.1) is 47.7 Å². The van der Waals surface area contributed by atoms with Gasteiger partial charge in [-0.05, 0) is 105 Å². The third-order valence-electron chi connectivity index (χ3n) is 12.8. The van der Waals surface area contributed by atoms with Gasteiger partial charge in [0.1, 0.15) is 5.78 Å². The zero-order valence-corrected chi connectivity index (χ0v) is 51.5. The zero-order chi connectivity index (χ0) is 79.4. The molecule has 0 bridgehead atoms. The van der Waals surface area contributed by atoms with Crippen LogP contribution in [0.4, 0.5) is 0 Å². The molecule has 4 N–H and O–H groups in total. The zero-order valence-electron chi connectivity index (χ0n) is 68.5. The van der Waals surface area contributed by atoms with Crippen LogP contribution in [0.5, 0.6) is 0 Å². The van der Waals surface area contributed by atoms with Crippen LogP contribution in [0.25, 0.3) is 44.7 Å². The number of fused-ring (bicyclic) bond motifs is 4. The van der Waals surface area contributed by atoms with Crippen molar-refractivity contribution in [2.24, 2.45) is 56.1 Å². The molecule has 8 aromatic rings. The molecule has 3 atom stereocenters. The molecule has 482 valence electrons. The molecule has 8 aromatic heterocycles. The van der Waals surface area contributed by atoms with E-state index in [0.717, 1.165) is 80.1 Å². The van der Waals surface area contributed by atoms with Gasteiger partial charge >= 0.3 is 52.3 Å². The van der Waals surface area contributed by atoms with Crippen molar-refractivity contribution in [3.63, 3.8) is 0 Å². The minimum absolute atomic E-state index is 0.